The Labute approximate surface area is 122 Å². The number of imidazole rings is 1. The predicted molar refractivity (Wildman–Crippen MR) is 85.3 cm³/mol. The van der Waals surface area contributed by atoms with Gasteiger partial charge in [-0.3, -0.25) is 0 Å². The molecule has 0 spiro atoms. The zero-order chi connectivity index (χ0) is 14.3. The number of nitrogens with zero attached hydrogens (tertiary/aromatic N) is 2. The fourth-order valence-corrected chi connectivity index (χ4v) is 2.40. The van der Waals surface area contributed by atoms with Crippen LogP contribution in [-0.2, 0) is 0 Å². The lowest BCUT2D eigenvalue weighted by Crippen LogP contribution is -2.08. The summed E-state index contributed by atoms with van der Waals surface area (Å²) >= 11 is 6.01. The maximum absolute atomic E-state index is 6.01. The number of rotatable bonds is 2. The number of fused-ring (bicyclic) bond motifs is 1. The highest BCUT2D eigenvalue weighted by atomic mass is 35.5. The molecule has 4 nitrogen and oxygen atoms in total. The normalized spacial score (nSPS) is 10.9. The zero-order valence-corrected chi connectivity index (χ0v) is 12.1. The Morgan fingerprint density at radius 2 is 2.00 bits per heavy atom. The van der Waals surface area contributed by atoms with Gasteiger partial charge in [-0.2, -0.15) is 0 Å². The SMILES string of the molecule is CN(C)c1cccc(-c2nc3c(N)cc(Cl)cc3[nH]2)c1. The Hall–Kier alpha value is -2.20. The molecule has 3 N–H and O–H groups in total. The van der Waals surface area contributed by atoms with Crippen LogP contribution in [0.2, 0.25) is 5.02 Å². The number of aromatic amines is 1. The molecule has 0 aliphatic carbocycles. The Bertz CT molecular complexity index is 777. The number of nitrogen functional groups attached to an aromatic ring is 1. The summed E-state index contributed by atoms with van der Waals surface area (Å²) in [4.78, 5) is 9.88. The van der Waals surface area contributed by atoms with Crippen LogP contribution >= 0.6 is 11.6 Å². The van der Waals surface area contributed by atoms with Gasteiger partial charge in [0.15, 0.2) is 0 Å². The molecule has 5 heteroatoms. The fourth-order valence-electron chi connectivity index (χ4n) is 2.18. The van der Waals surface area contributed by atoms with E-state index in [0.717, 1.165) is 28.1 Å². The minimum Gasteiger partial charge on any atom is -0.397 e. The fraction of sp³-hybridized carbons (Fsp3) is 0.133. The van der Waals surface area contributed by atoms with Crippen molar-refractivity contribution in [3.8, 4) is 11.4 Å². The molecule has 0 radical (unpaired) electrons. The maximum atomic E-state index is 6.01. The minimum atomic E-state index is 0.582. The molecule has 0 amide bonds. The lowest BCUT2D eigenvalue weighted by molar-refractivity contribution is 1.13. The van der Waals surface area contributed by atoms with E-state index < -0.39 is 0 Å². The number of hydrogen-bond donors (Lipinski definition) is 2. The Morgan fingerprint density at radius 3 is 2.75 bits per heavy atom. The number of hydrogen-bond acceptors (Lipinski definition) is 3. The van der Waals surface area contributed by atoms with Crippen molar-refractivity contribution in [1.29, 1.82) is 0 Å². The highest BCUT2D eigenvalue weighted by molar-refractivity contribution is 6.31. The van der Waals surface area contributed by atoms with Crippen molar-refractivity contribution in [3.05, 3.63) is 41.4 Å². The number of nitrogens with one attached hydrogen (secondary N) is 1. The highest BCUT2D eigenvalue weighted by Crippen LogP contribution is 2.28. The first-order chi connectivity index (χ1) is 9.54. The van der Waals surface area contributed by atoms with Crippen LogP contribution in [0.1, 0.15) is 0 Å². The second kappa shape index (κ2) is 4.72. The van der Waals surface area contributed by atoms with Crippen LogP contribution in [0.5, 0.6) is 0 Å². The van der Waals surface area contributed by atoms with Crippen molar-refractivity contribution in [2.24, 2.45) is 0 Å². The van der Waals surface area contributed by atoms with Crippen molar-refractivity contribution in [3.63, 3.8) is 0 Å². The van der Waals surface area contributed by atoms with Gasteiger partial charge in [0.25, 0.3) is 0 Å². The van der Waals surface area contributed by atoms with Gasteiger partial charge < -0.3 is 15.6 Å². The van der Waals surface area contributed by atoms with Crippen LogP contribution in [0.25, 0.3) is 22.4 Å². The number of H-pyrrole nitrogens is 1. The van der Waals surface area contributed by atoms with Gasteiger partial charge in [-0.15, -0.1) is 0 Å². The van der Waals surface area contributed by atoms with E-state index in [-0.39, 0.29) is 0 Å². The molecule has 1 aromatic heterocycles. The van der Waals surface area contributed by atoms with Crippen molar-refractivity contribution >= 4 is 34.0 Å². The topological polar surface area (TPSA) is 57.9 Å². The van der Waals surface area contributed by atoms with Gasteiger partial charge in [0.05, 0.1) is 11.2 Å². The molecule has 2 aromatic carbocycles. The molecule has 3 rings (SSSR count). The second-order valence-corrected chi connectivity index (χ2v) is 5.36. The molecular weight excluding hydrogens is 272 g/mol. The molecule has 1 heterocycles. The first-order valence-electron chi connectivity index (χ1n) is 6.27. The Morgan fingerprint density at radius 1 is 1.20 bits per heavy atom. The third kappa shape index (κ3) is 2.18. The average Bonchev–Trinajstić information content (AvgIpc) is 2.83. The standard InChI is InChI=1S/C15H15ClN4/c1-20(2)11-5-3-4-9(6-11)15-18-13-8-10(16)7-12(17)14(13)19-15/h3-8H,17H2,1-2H3,(H,18,19). The van der Waals surface area contributed by atoms with Crippen molar-refractivity contribution in [1.82, 2.24) is 9.97 Å². The third-order valence-corrected chi connectivity index (χ3v) is 3.44. The Balaban J connectivity index is 2.15. The van der Waals surface area contributed by atoms with Crippen LogP contribution in [0, 0.1) is 0 Å². The molecular formula is C15H15ClN4. The van der Waals surface area contributed by atoms with E-state index >= 15 is 0 Å². The summed E-state index contributed by atoms with van der Waals surface area (Å²) in [5, 5.41) is 0.604. The van der Waals surface area contributed by atoms with Gasteiger partial charge in [-0.05, 0) is 24.3 Å². The summed E-state index contributed by atoms with van der Waals surface area (Å²) in [6.45, 7) is 0. The molecule has 0 bridgehead atoms. The quantitative estimate of drug-likeness (QED) is 0.709. The summed E-state index contributed by atoms with van der Waals surface area (Å²) in [6, 6.07) is 11.7. The van der Waals surface area contributed by atoms with Gasteiger partial charge in [-0.1, -0.05) is 23.7 Å². The molecule has 0 saturated carbocycles. The predicted octanol–water partition coefficient (Wildman–Crippen LogP) is 3.53. The van der Waals surface area contributed by atoms with Gasteiger partial charge in [0.2, 0.25) is 0 Å². The van der Waals surface area contributed by atoms with Crippen molar-refractivity contribution in [2.75, 3.05) is 24.7 Å². The van der Waals surface area contributed by atoms with Crippen molar-refractivity contribution < 1.29 is 0 Å². The van der Waals surface area contributed by atoms with Crippen LogP contribution in [0.3, 0.4) is 0 Å². The van der Waals surface area contributed by atoms with Gasteiger partial charge >= 0.3 is 0 Å². The van der Waals surface area contributed by atoms with E-state index in [9.17, 15) is 0 Å². The van der Waals surface area contributed by atoms with Gasteiger partial charge in [-0.25, -0.2) is 4.98 Å². The van der Waals surface area contributed by atoms with Crippen LogP contribution < -0.4 is 10.6 Å². The average molecular weight is 287 g/mol. The lowest BCUT2D eigenvalue weighted by atomic mass is 10.2. The summed E-state index contributed by atoms with van der Waals surface area (Å²) in [5.41, 5.74) is 10.3. The van der Waals surface area contributed by atoms with Crippen LogP contribution in [0.15, 0.2) is 36.4 Å². The number of anilines is 2. The monoisotopic (exact) mass is 286 g/mol. The third-order valence-electron chi connectivity index (χ3n) is 3.22. The summed E-state index contributed by atoms with van der Waals surface area (Å²) in [7, 11) is 4.02. The number of benzene rings is 2. The summed E-state index contributed by atoms with van der Waals surface area (Å²) in [6.07, 6.45) is 0. The molecule has 0 fully saturated rings. The summed E-state index contributed by atoms with van der Waals surface area (Å²) in [5.74, 6) is 0.790. The van der Waals surface area contributed by atoms with Gasteiger partial charge in [0, 0.05) is 30.4 Å². The van der Waals surface area contributed by atoms with E-state index in [4.69, 9.17) is 17.3 Å². The molecule has 0 aliphatic rings. The molecule has 0 aliphatic heterocycles. The molecule has 0 unspecified atom stereocenters. The number of halogens is 1. The Kier molecular flexibility index (Phi) is 3.03. The molecule has 3 aromatic rings. The van der Waals surface area contributed by atoms with Crippen molar-refractivity contribution in [2.45, 2.75) is 0 Å². The van der Waals surface area contributed by atoms with E-state index in [2.05, 4.69) is 27.0 Å². The van der Waals surface area contributed by atoms with E-state index in [0.29, 0.717) is 10.7 Å². The number of aromatic nitrogens is 2. The largest absolute Gasteiger partial charge is 0.397 e. The highest BCUT2D eigenvalue weighted by Gasteiger charge is 2.09. The van der Waals surface area contributed by atoms with E-state index in [1.54, 1.807) is 6.07 Å². The molecule has 102 valence electrons. The summed E-state index contributed by atoms with van der Waals surface area (Å²) < 4.78 is 0. The van der Waals surface area contributed by atoms with E-state index in [1.165, 1.54) is 0 Å². The second-order valence-electron chi connectivity index (χ2n) is 4.92. The van der Waals surface area contributed by atoms with E-state index in [1.807, 2.05) is 32.3 Å². The molecule has 0 saturated heterocycles. The first-order valence-corrected chi connectivity index (χ1v) is 6.65. The zero-order valence-electron chi connectivity index (χ0n) is 11.3. The van der Waals surface area contributed by atoms with Crippen LogP contribution in [0.4, 0.5) is 11.4 Å². The number of nitrogens with two attached hydrogens (primary N) is 1. The minimum absolute atomic E-state index is 0.582. The lowest BCUT2D eigenvalue weighted by Gasteiger charge is -2.12. The van der Waals surface area contributed by atoms with Gasteiger partial charge in [0.1, 0.15) is 11.3 Å². The molecule has 0 atom stereocenters. The smallest absolute Gasteiger partial charge is 0.138 e. The first kappa shape index (κ1) is 12.8. The van der Waals surface area contributed by atoms with Crippen LogP contribution in [-0.4, -0.2) is 24.1 Å². The molecule has 20 heavy (non-hydrogen) atoms. The maximum Gasteiger partial charge on any atom is 0.138 e.